The minimum Gasteiger partial charge on any atom is -0.464 e. The van der Waals surface area contributed by atoms with Gasteiger partial charge < -0.3 is 29.0 Å². The number of hydrogen-bond acceptors (Lipinski definition) is 5. The van der Waals surface area contributed by atoms with Crippen molar-refractivity contribution in [3.63, 3.8) is 0 Å². The largest absolute Gasteiger partial charge is 0.464 e. The van der Waals surface area contributed by atoms with Crippen LogP contribution >= 0.6 is 11.6 Å². The Labute approximate surface area is 209 Å². The topological polar surface area (TPSA) is 84.2 Å². The molecule has 2 heterocycles. The molecule has 0 atom stereocenters. The van der Waals surface area contributed by atoms with E-state index in [4.69, 9.17) is 25.5 Å². The maximum absolute atomic E-state index is 13.5. The van der Waals surface area contributed by atoms with Crippen molar-refractivity contribution in [3.05, 3.63) is 76.7 Å². The van der Waals surface area contributed by atoms with Gasteiger partial charge in [0.05, 0.1) is 6.54 Å². The number of halogens is 1. The number of ether oxygens (including phenoxy) is 2. The van der Waals surface area contributed by atoms with Crippen LogP contribution in [0.5, 0.6) is 11.5 Å². The molecular weight excluding hydrogens is 470 g/mol. The second-order valence-corrected chi connectivity index (χ2v) is 8.74. The van der Waals surface area contributed by atoms with Crippen LogP contribution in [0.3, 0.4) is 0 Å². The Morgan fingerprint density at radius 1 is 0.971 bits per heavy atom. The lowest BCUT2D eigenvalue weighted by atomic mass is 10.2. The first-order valence-corrected chi connectivity index (χ1v) is 11.8. The van der Waals surface area contributed by atoms with Gasteiger partial charge in [0, 0.05) is 23.8 Å². The van der Waals surface area contributed by atoms with Gasteiger partial charge in [0.25, 0.3) is 0 Å². The first-order chi connectivity index (χ1) is 16.9. The van der Waals surface area contributed by atoms with E-state index < -0.39 is 0 Å². The normalized spacial score (nSPS) is 11.9. The van der Waals surface area contributed by atoms with Crippen molar-refractivity contribution in [3.8, 4) is 11.5 Å². The monoisotopic (exact) mass is 497 g/mol. The molecule has 0 aliphatic carbocycles. The van der Waals surface area contributed by atoms with Crippen molar-refractivity contribution in [2.24, 2.45) is 0 Å². The molecule has 0 fully saturated rings. The Morgan fingerprint density at radius 3 is 2.46 bits per heavy atom. The van der Waals surface area contributed by atoms with E-state index in [2.05, 4.69) is 5.32 Å². The van der Waals surface area contributed by atoms with Gasteiger partial charge in [-0.1, -0.05) is 24.6 Å². The molecule has 8 nitrogen and oxygen atoms in total. The van der Waals surface area contributed by atoms with Crippen LogP contribution < -0.4 is 14.8 Å². The molecular formula is C26H28ClN3O5. The average molecular weight is 498 g/mol. The van der Waals surface area contributed by atoms with E-state index >= 15 is 0 Å². The van der Waals surface area contributed by atoms with Crippen molar-refractivity contribution in [2.45, 2.75) is 33.4 Å². The zero-order valence-electron chi connectivity index (χ0n) is 19.8. The smallest absolute Gasteiger partial charge is 0.322 e. The number of benzene rings is 2. The van der Waals surface area contributed by atoms with Gasteiger partial charge in [0.15, 0.2) is 11.5 Å². The van der Waals surface area contributed by atoms with Gasteiger partial charge >= 0.3 is 6.03 Å². The lowest BCUT2D eigenvalue weighted by molar-refractivity contribution is -0.133. The van der Waals surface area contributed by atoms with E-state index in [1.807, 2.05) is 44.2 Å². The van der Waals surface area contributed by atoms with Gasteiger partial charge in [0.2, 0.25) is 12.7 Å². The lowest BCUT2D eigenvalue weighted by Gasteiger charge is -2.27. The SMILES string of the molecule is CCCN(CC(=O)N(Cc1ccc2c(c1)OCO2)Cc1ccc(C)o1)C(=O)Nc1ccc(Cl)cc1. The van der Waals surface area contributed by atoms with Gasteiger partial charge in [-0.2, -0.15) is 0 Å². The van der Waals surface area contributed by atoms with Crippen LogP contribution in [0.15, 0.2) is 59.0 Å². The van der Waals surface area contributed by atoms with Gasteiger partial charge in [0.1, 0.15) is 18.1 Å². The summed E-state index contributed by atoms with van der Waals surface area (Å²) in [7, 11) is 0. The Bertz CT molecular complexity index is 1180. The number of furan rings is 1. The molecule has 0 saturated heterocycles. The molecule has 0 bridgehead atoms. The van der Waals surface area contributed by atoms with E-state index in [0.29, 0.717) is 47.5 Å². The predicted molar refractivity (Wildman–Crippen MR) is 133 cm³/mol. The lowest BCUT2D eigenvalue weighted by Crippen LogP contribution is -2.44. The first-order valence-electron chi connectivity index (χ1n) is 11.4. The van der Waals surface area contributed by atoms with Crippen molar-refractivity contribution in [1.82, 2.24) is 9.80 Å². The summed E-state index contributed by atoms with van der Waals surface area (Å²) >= 11 is 5.93. The van der Waals surface area contributed by atoms with E-state index in [0.717, 1.165) is 11.3 Å². The Kier molecular flexibility index (Phi) is 7.82. The van der Waals surface area contributed by atoms with Crippen LogP contribution in [0.25, 0.3) is 0 Å². The maximum atomic E-state index is 13.5. The van der Waals surface area contributed by atoms with Crippen LogP contribution in [0.2, 0.25) is 5.02 Å². The summed E-state index contributed by atoms with van der Waals surface area (Å²) in [5, 5.41) is 3.42. The predicted octanol–water partition coefficient (Wildman–Crippen LogP) is 5.44. The highest BCUT2D eigenvalue weighted by atomic mass is 35.5. The number of hydrogen-bond donors (Lipinski definition) is 1. The van der Waals surface area contributed by atoms with E-state index in [1.54, 1.807) is 29.2 Å². The van der Waals surface area contributed by atoms with Gasteiger partial charge in [-0.3, -0.25) is 4.79 Å². The second-order valence-electron chi connectivity index (χ2n) is 8.31. The Hall–Kier alpha value is -3.65. The summed E-state index contributed by atoms with van der Waals surface area (Å²) in [5.41, 5.74) is 1.50. The summed E-state index contributed by atoms with van der Waals surface area (Å²) in [4.78, 5) is 29.6. The average Bonchev–Trinajstić information content (AvgIpc) is 3.48. The summed E-state index contributed by atoms with van der Waals surface area (Å²) in [6, 6.07) is 15.8. The number of carbonyl (C=O) groups excluding carboxylic acids is 2. The quantitative estimate of drug-likeness (QED) is 0.425. The highest BCUT2D eigenvalue weighted by Gasteiger charge is 2.23. The molecule has 1 N–H and O–H groups in total. The number of fused-ring (bicyclic) bond motifs is 1. The summed E-state index contributed by atoms with van der Waals surface area (Å²) in [6.45, 7) is 4.97. The van der Waals surface area contributed by atoms with Gasteiger partial charge in [-0.25, -0.2) is 4.79 Å². The number of aryl methyl sites for hydroxylation is 1. The van der Waals surface area contributed by atoms with Crippen molar-refractivity contribution >= 4 is 29.2 Å². The molecule has 3 amide bonds. The molecule has 1 aliphatic heterocycles. The first kappa shape index (κ1) is 24.5. The highest BCUT2D eigenvalue weighted by molar-refractivity contribution is 6.30. The number of carbonyl (C=O) groups is 2. The molecule has 0 unspecified atom stereocenters. The Balaban J connectivity index is 1.49. The molecule has 1 aliphatic rings. The van der Waals surface area contributed by atoms with Gasteiger partial charge in [-0.05, 0) is 67.4 Å². The zero-order chi connectivity index (χ0) is 24.8. The number of rotatable bonds is 9. The maximum Gasteiger partial charge on any atom is 0.322 e. The van der Waals surface area contributed by atoms with Crippen molar-refractivity contribution < 1.29 is 23.5 Å². The molecule has 0 saturated carbocycles. The van der Waals surface area contributed by atoms with Crippen molar-refractivity contribution in [1.29, 1.82) is 0 Å². The van der Waals surface area contributed by atoms with Crippen LogP contribution in [-0.2, 0) is 17.9 Å². The van der Waals surface area contributed by atoms with Gasteiger partial charge in [-0.15, -0.1) is 0 Å². The molecule has 184 valence electrons. The minimum absolute atomic E-state index is 0.0719. The zero-order valence-corrected chi connectivity index (χ0v) is 20.5. The van der Waals surface area contributed by atoms with Crippen LogP contribution in [0.4, 0.5) is 10.5 Å². The van der Waals surface area contributed by atoms with E-state index in [1.165, 1.54) is 4.90 Å². The number of urea groups is 1. The van der Waals surface area contributed by atoms with Crippen LogP contribution in [0.1, 0.15) is 30.4 Å². The Morgan fingerprint density at radius 2 is 1.74 bits per heavy atom. The highest BCUT2D eigenvalue weighted by Crippen LogP contribution is 2.33. The molecule has 1 aromatic heterocycles. The summed E-state index contributed by atoms with van der Waals surface area (Å²) < 4.78 is 16.6. The molecule has 3 aromatic rings. The fraction of sp³-hybridized carbons (Fsp3) is 0.308. The minimum atomic E-state index is -0.348. The molecule has 4 rings (SSSR count). The fourth-order valence-electron chi connectivity index (χ4n) is 3.77. The number of nitrogens with one attached hydrogen (secondary N) is 1. The number of nitrogens with zero attached hydrogens (tertiary/aromatic N) is 2. The van der Waals surface area contributed by atoms with Crippen molar-refractivity contribution in [2.75, 3.05) is 25.2 Å². The van der Waals surface area contributed by atoms with E-state index in [-0.39, 0.29) is 31.8 Å². The third-order valence-electron chi connectivity index (χ3n) is 5.51. The fourth-order valence-corrected chi connectivity index (χ4v) is 3.90. The molecule has 9 heteroatoms. The van der Waals surface area contributed by atoms with Crippen LogP contribution in [-0.4, -0.2) is 41.6 Å². The van der Waals surface area contributed by atoms with E-state index in [9.17, 15) is 9.59 Å². The molecule has 35 heavy (non-hydrogen) atoms. The molecule has 0 spiro atoms. The number of anilines is 1. The number of amides is 3. The third-order valence-corrected chi connectivity index (χ3v) is 5.76. The van der Waals surface area contributed by atoms with Crippen LogP contribution in [0, 0.1) is 6.92 Å². The molecule has 2 aromatic carbocycles. The summed E-state index contributed by atoms with van der Waals surface area (Å²) in [6.07, 6.45) is 0.709. The standard InChI is InChI=1S/C26H28ClN3O5/c1-3-12-29(26(32)28-21-8-6-20(27)7-9-21)16-25(31)30(15-22-10-4-18(2)35-22)14-19-5-11-23-24(13-19)34-17-33-23/h4-11,13H,3,12,14-17H2,1-2H3,(H,28,32). The second kappa shape index (κ2) is 11.2. The molecule has 0 radical (unpaired) electrons. The summed E-state index contributed by atoms with van der Waals surface area (Å²) in [5.74, 6) is 2.58. The third kappa shape index (κ3) is 6.48.